The van der Waals surface area contributed by atoms with Gasteiger partial charge in [-0.15, -0.1) is 0 Å². The number of β-amino-alcohol motifs (C(OH)–C–C–N with tert-alkyl or cyclic N) is 1. The fraction of sp³-hybridized carbons (Fsp3) is 0.611. The van der Waals surface area contributed by atoms with Gasteiger partial charge >= 0.3 is 0 Å². The molecule has 0 amide bonds. The maximum atomic E-state index is 10.7. The number of ether oxygens (including phenoxy) is 1. The van der Waals surface area contributed by atoms with Crippen LogP contribution in [0.4, 0.5) is 5.82 Å². The maximum absolute atomic E-state index is 10.7. The molecule has 2 aliphatic rings. The predicted molar refractivity (Wildman–Crippen MR) is 115 cm³/mol. The van der Waals surface area contributed by atoms with Crippen LogP contribution in [-0.4, -0.2) is 63.0 Å². The van der Waals surface area contributed by atoms with Gasteiger partial charge in [0.25, 0.3) is 0 Å². The van der Waals surface area contributed by atoms with Crippen LogP contribution >= 0.6 is 34.4 Å². The van der Waals surface area contributed by atoms with Crippen LogP contribution in [0.15, 0.2) is 5.16 Å². The van der Waals surface area contributed by atoms with Crippen LogP contribution in [0.5, 0.6) is 0 Å². The van der Waals surface area contributed by atoms with Crippen molar-refractivity contribution in [3.05, 3.63) is 15.0 Å². The van der Waals surface area contributed by atoms with E-state index < -0.39 is 5.60 Å². The number of aromatic nitrogens is 4. The number of hydrogen-bond donors (Lipinski definition) is 1. The average molecular weight is 501 g/mol. The summed E-state index contributed by atoms with van der Waals surface area (Å²) in [5.41, 5.74) is 2.98. The molecule has 3 heterocycles. The van der Waals surface area contributed by atoms with Gasteiger partial charge in [-0.3, -0.25) is 4.68 Å². The Labute approximate surface area is 177 Å². The molecule has 1 atom stereocenters. The van der Waals surface area contributed by atoms with Crippen molar-refractivity contribution in [1.82, 2.24) is 19.7 Å². The molecule has 146 valence electrons. The molecule has 0 spiro atoms. The first-order valence-corrected chi connectivity index (χ1v) is 11.2. The van der Waals surface area contributed by atoms with Gasteiger partial charge in [-0.25, -0.2) is 9.97 Å². The summed E-state index contributed by atoms with van der Waals surface area (Å²) in [4.78, 5) is 11.9. The van der Waals surface area contributed by atoms with E-state index in [1.165, 1.54) is 17.3 Å². The standard InChI is InChI=1S/C18H24IN5O2S/c1-17(2)11-12(22-23(4)14(11)19)10-13(17)20-16(27-5)21-15(10)24-6-7-26-9-18(3,25)8-24/h25H,6-9H2,1-5H3/t18-/m0/s1. The summed E-state index contributed by atoms with van der Waals surface area (Å²) in [5, 5.41) is 16.2. The normalized spacial score (nSPS) is 23.9. The molecule has 0 unspecified atom stereocenters. The lowest BCUT2D eigenvalue weighted by molar-refractivity contribution is -0.0123. The summed E-state index contributed by atoms with van der Waals surface area (Å²) in [6.07, 6.45) is 1.99. The van der Waals surface area contributed by atoms with Gasteiger partial charge in [0, 0.05) is 24.6 Å². The minimum Gasteiger partial charge on any atom is -0.386 e. The molecule has 0 aromatic carbocycles. The minimum atomic E-state index is -0.927. The highest BCUT2D eigenvalue weighted by atomic mass is 127. The minimum absolute atomic E-state index is 0.248. The fourth-order valence-corrected chi connectivity index (χ4v) is 5.35. The van der Waals surface area contributed by atoms with Crippen molar-refractivity contribution in [2.24, 2.45) is 7.05 Å². The largest absolute Gasteiger partial charge is 0.386 e. The second-order valence-corrected chi connectivity index (χ2v) is 9.79. The summed E-state index contributed by atoms with van der Waals surface area (Å²) in [6.45, 7) is 8.22. The van der Waals surface area contributed by atoms with Crippen LogP contribution in [0.25, 0.3) is 11.3 Å². The number of aryl methyl sites for hydroxylation is 1. The third-order valence-electron chi connectivity index (χ3n) is 5.23. The van der Waals surface area contributed by atoms with Crippen molar-refractivity contribution >= 4 is 40.2 Å². The molecule has 1 fully saturated rings. The first kappa shape index (κ1) is 19.4. The Morgan fingerprint density at radius 2 is 2.00 bits per heavy atom. The van der Waals surface area contributed by atoms with Crippen LogP contribution in [0.3, 0.4) is 0 Å². The smallest absolute Gasteiger partial charge is 0.189 e. The summed E-state index contributed by atoms with van der Waals surface area (Å²) >= 11 is 3.90. The molecule has 9 heteroatoms. The summed E-state index contributed by atoms with van der Waals surface area (Å²) in [7, 11) is 1.97. The third-order valence-corrected chi connectivity index (χ3v) is 7.02. The Hall–Kier alpha value is -0.910. The number of halogens is 1. The molecule has 0 saturated carbocycles. The lowest BCUT2D eigenvalue weighted by atomic mass is 9.87. The van der Waals surface area contributed by atoms with E-state index in [1.54, 1.807) is 6.92 Å². The van der Waals surface area contributed by atoms with Crippen LogP contribution in [0, 0.1) is 3.70 Å². The lowest BCUT2D eigenvalue weighted by Crippen LogP contribution is -2.42. The predicted octanol–water partition coefficient (Wildman–Crippen LogP) is 2.43. The molecule has 7 nitrogen and oxygen atoms in total. The van der Waals surface area contributed by atoms with Gasteiger partial charge in [0.1, 0.15) is 20.8 Å². The molecule has 2 aromatic rings. The van der Waals surface area contributed by atoms with Crippen molar-refractivity contribution in [1.29, 1.82) is 0 Å². The number of fused-ring (bicyclic) bond motifs is 3. The summed E-state index contributed by atoms with van der Waals surface area (Å²) in [5.74, 6) is 0.844. The van der Waals surface area contributed by atoms with E-state index in [0.29, 0.717) is 26.3 Å². The zero-order valence-electron chi connectivity index (χ0n) is 16.2. The quantitative estimate of drug-likeness (QED) is 0.385. The molecule has 2 aromatic heterocycles. The Morgan fingerprint density at radius 3 is 2.70 bits per heavy atom. The van der Waals surface area contributed by atoms with E-state index in [9.17, 15) is 5.11 Å². The number of thioether (sulfide) groups is 1. The van der Waals surface area contributed by atoms with E-state index in [-0.39, 0.29) is 5.41 Å². The van der Waals surface area contributed by atoms with E-state index in [2.05, 4.69) is 41.3 Å². The van der Waals surface area contributed by atoms with Crippen LogP contribution < -0.4 is 4.90 Å². The van der Waals surface area contributed by atoms with Crippen molar-refractivity contribution < 1.29 is 9.84 Å². The molecule has 0 radical (unpaired) electrons. The lowest BCUT2D eigenvalue weighted by Gasteiger charge is -2.30. The highest BCUT2D eigenvalue weighted by molar-refractivity contribution is 14.1. The van der Waals surface area contributed by atoms with Crippen molar-refractivity contribution in [2.75, 3.05) is 37.5 Å². The molecule has 0 bridgehead atoms. The molecule has 1 saturated heterocycles. The van der Waals surface area contributed by atoms with E-state index in [1.807, 2.05) is 18.0 Å². The number of anilines is 1. The zero-order chi connectivity index (χ0) is 19.6. The Kier molecular flexibility index (Phi) is 4.72. The summed E-state index contributed by atoms with van der Waals surface area (Å²) in [6, 6.07) is 0. The first-order valence-electron chi connectivity index (χ1n) is 8.90. The monoisotopic (exact) mass is 501 g/mol. The molecule has 27 heavy (non-hydrogen) atoms. The van der Waals surface area contributed by atoms with E-state index in [0.717, 1.165) is 31.6 Å². The van der Waals surface area contributed by atoms with Crippen molar-refractivity contribution in [3.8, 4) is 11.3 Å². The number of hydrogen-bond acceptors (Lipinski definition) is 7. The first-order chi connectivity index (χ1) is 12.7. The van der Waals surface area contributed by atoms with Crippen LogP contribution in [0.1, 0.15) is 32.0 Å². The van der Waals surface area contributed by atoms with Gasteiger partial charge in [0.15, 0.2) is 5.16 Å². The number of nitrogens with zero attached hydrogens (tertiary/aromatic N) is 5. The van der Waals surface area contributed by atoms with Crippen molar-refractivity contribution in [2.45, 2.75) is 36.9 Å². The Balaban J connectivity index is 1.96. The SMILES string of the molecule is CSc1nc(N2CCOC[C@@](C)(O)C2)c2c(n1)C(C)(C)c1c-2nn(C)c1I. The third kappa shape index (κ3) is 3.06. The Morgan fingerprint density at radius 1 is 1.26 bits per heavy atom. The average Bonchev–Trinajstić information content (AvgIpc) is 2.92. The highest BCUT2D eigenvalue weighted by Crippen LogP contribution is 2.52. The summed E-state index contributed by atoms with van der Waals surface area (Å²) < 4.78 is 8.65. The van der Waals surface area contributed by atoms with Crippen LogP contribution in [0.2, 0.25) is 0 Å². The second-order valence-electron chi connectivity index (χ2n) is 7.99. The fourth-order valence-electron chi connectivity index (χ4n) is 3.95. The van der Waals surface area contributed by atoms with Gasteiger partial charge in [0.05, 0.1) is 31.0 Å². The Bertz CT molecular complexity index is 912. The van der Waals surface area contributed by atoms with Gasteiger partial charge in [-0.1, -0.05) is 11.8 Å². The highest BCUT2D eigenvalue weighted by Gasteiger charge is 2.45. The second kappa shape index (κ2) is 6.57. The van der Waals surface area contributed by atoms with Crippen molar-refractivity contribution in [3.63, 3.8) is 0 Å². The number of aliphatic hydroxyl groups is 1. The topological polar surface area (TPSA) is 76.3 Å². The maximum Gasteiger partial charge on any atom is 0.189 e. The molecular weight excluding hydrogens is 477 g/mol. The molecule has 1 aliphatic carbocycles. The zero-order valence-corrected chi connectivity index (χ0v) is 19.2. The molecule has 1 N–H and O–H groups in total. The van der Waals surface area contributed by atoms with E-state index >= 15 is 0 Å². The van der Waals surface area contributed by atoms with Gasteiger partial charge in [-0.2, -0.15) is 5.10 Å². The molecule has 4 rings (SSSR count). The van der Waals surface area contributed by atoms with E-state index in [4.69, 9.17) is 19.8 Å². The molecular formula is C18H24IN5O2S. The molecule has 1 aliphatic heterocycles. The van der Waals surface area contributed by atoms with Crippen LogP contribution in [-0.2, 0) is 17.2 Å². The van der Waals surface area contributed by atoms with Gasteiger partial charge < -0.3 is 14.7 Å². The number of rotatable bonds is 2. The van der Waals surface area contributed by atoms with Gasteiger partial charge in [-0.05, 0) is 49.6 Å². The van der Waals surface area contributed by atoms with Gasteiger partial charge in [0.2, 0.25) is 0 Å².